The number of benzene rings is 5. The summed E-state index contributed by atoms with van der Waals surface area (Å²) in [6.07, 6.45) is 3.79. The molecule has 9 rings (SSSR count). The Morgan fingerprint density at radius 2 is 1.13 bits per heavy atom. The molecule has 0 N–H and O–H groups in total. The molecular weight excluding hydrogens is 571 g/mol. The van der Waals surface area contributed by atoms with E-state index in [0.29, 0.717) is 0 Å². The maximum Gasteiger partial charge on any atom is 0.0880 e. The summed E-state index contributed by atoms with van der Waals surface area (Å²) in [7, 11) is 0. The third-order valence-electron chi connectivity index (χ3n) is 10.2. The molecular formula is C44H33N3. The van der Waals surface area contributed by atoms with Gasteiger partial charge >= 0.3 is 0 Å². The normalized spacial score (nSPS) is 14.5. The minimum atomic E-state index is -0.616. The van der Waals surface area contributed by atoms with Gasteiger partial charge in [0.1, 0.15) is 0 Å². The highest BCUT2D eigenvalue weighted by atomic mass is 15.0. The molecule has 1 aliphatic carbocycles. The molecule has 0 radical (unpaired) electrons. The van der Waals surface area contributed by atoms with Gasteiger partial charge in [-0.2, -0.15) is 0 Å². The summed E-state index contributed by atoms with van der Waals surface area (Å²) in [4.78, 5) is 9.78. The van der Waals surface area contributed by atoms with Crippen LogP contribution in [0.5, 0.6) is 0 Å². The lowest BCUT2D eigenvalue weighted by molar-refractivity contribution is 0.552. The van der Waals surface area contributed by atoms with E-state index in [1.807, 2.05) is 30.6 Å². The second kappa shape index (κ2) is 10.4. The van der Waals surface area contributed by atoms with Crippen LogP contribution in [0, 0.1) is 0 Å². The zero-order valence-electron chi connectivity index (χ0n) is 26.4. The van der Waals surface area contributed by atoms with E-state index < -0.39 is 5.41 Å². The Balaban J connectivity index is 1.40. The fourth-order valence-electron chi connectivity index (χ4n) is 8.14. The smallest absolute Gasteiger partial charge is 0.0880 e. The number of aromatic nitrogens is 3. The second-order valence-corrected chi connectivity index (χ2v) is 13.0. The van der Waals surface area contributed by atoms with Crippen molar-refractivity contribution in [1.82, 2.24) is 14.5 Å². The Labute approximate surface area is 274 Å². The molecule has 3 aromatic heterocycles. The molecule has 8 aromatic rings. The lowest BCUT2D eigenvalue weighted by atomic mass is 9.55. The molecule has 0 atom stereocenters. The first-order chi connectivity index (χ1) is 23.1. The Morgan fingerprint density at radius 1 is 0.489 bits per heavy atom. The molecule has 3 heteroatoms. The van der Waals surface area contributed by atoms with Crippen LogP contribution in [0.1, 0.15) is 47.4 Å². The van der Waals surface area contributed by atoms with Crippen molar-refractivity contribution in [2.24, 2.45) is 0 Å². The molecule has 0 amide bonds. The predicted octanol–water partition coefficient (Wildman–Crippen LogP) is 10.3. The number of fused-ring (bicyclic) bond motifs is 5. The van der Waals surface area contributed by atoms with E-state index >= 15 is 0 Å². The second-order valence-electron chi connectivity index (χ2n) is 13.0. The van der Waals surface area contributed by atoms with E-state index in [0.717, 1.165) is 28.2 Å². The number of nitrogens with zero attached hydrogens (tertiary/aromatic N) is 3. The lowest BCUT2D eigenvalue weighted by Gasteiger charge is -2.47. The number of rotatable bonds is 4. The van der Waals surface area contributed by atoms with E-state index in [9.17, 15) is 0 Å². The zero-order valence-corrected chi connectivity index (χ0v) is 26.4. The highest BCUT2D eigenvalue weighted by molar-refractivity contribution is 6.09. The summed E-state index contributed by atoms with van der Waals surface area (Å²) in [5.41, 5.74) is 12.1. The Morgan fingerprint density at radius 3 is 1.83 bits per heavy atom. The molecule has 47 heavy (non-hydrogen) atoms. The van der Waals surface area contributed by atoms with Crippen molar-refractivity contribution >= 4 is 21.8 Å². The monoisotopic (exact) mass is 603 g/mol. The molecule has 0 saturated carbocycles. The summed E-state index contributed by atoms with van der Waals surface area (Å²) in [5, 5.41) is 2.45. The number of pyridine rings is 2. The molecule has 3 nitrogen and oxygen atoms in total. The fourth-order valence-corrected chi connectivity index (χ4v) is 8.14. The first-order valence-corrected chi connectivity index (χ1v) is 16.3. The van der Waals surface area contributed by atoms with Crippen LogP contribution >= 0.6 is 0 Å². The van der Waals surface area contributed by atoms with Crippen LogP contribution in [0.2, 0.25) is 0 Å². The van der Waals surface area contributed by atoms with Crippen LogP contribution in [0.4, 0.5) is 0 Å². The van der Waals surface area contributed by atoms with Gasteiger partial charge in [-0.05, 0) is 76.3 Å². The highest BCUT2D eigenvalue weighted by Gasteiger charge is 2.49. The molecule has 3 heterocycles. The van der Waals surface area contributed by atoms with Gasteiger partial charge in [-0.3, -0.25) is 9.97 Å². The van der Waals surface area contributed by atoms with Crippen molar-refractivity contribution in [3.05, 3.63) is 198 Å². The molecule has 0 fully saturated rings. The van der Waals surface area contributed by atoms with Gasteiger partial charge < -0.3 is 4.57 Å². The van der Waals surface area contributed by atoms with E-state index in [2.05, 4.69) is 157 Å². The van der Waals surface area contributed by atoms with Crippen LogP contribution in [-0.4, -0.2) is 14.5 Å². The van der Waals surface area contributed by atoms with Crippen molar-refractivity contribution in [2.45, 2.75) is 24.7 Å². The van der Waals surface area contributed by atoms with Crippen LogP contribution in [0.25, 0.3) is 38.8 Å². The predicted molar refractivity (Wildman–Crippen MR) is 192 cm³/mol. The zero-order chi connectivity index (χ0) is 31.6. The van der Waals surface area contributed by atoms with Crippen LogP contribution < -0.4 is 0 Å². The van der Waals surface area contributed by atoms with Crippen LogP contribution in [0.15, 0.2) is 164 Å². The maximum absolute atomic E-state index is 5.13. The third-order valence-corrected chi connectivity index (χ3v) is 10.2. The van der Waals surface area contributed by atoms with Crippen LogP contribution in [0.3, 0.4) is 0 Å². The summed E-state index contributed by atoms with van der Waals surface area (Å²) in [6, 6.07) is 54.9. The SMILES string of the molecule is CC1(C)c2ccccc2C(c2ccc3c4ccccc4n(-c4cccc(-c5ccccn5)c4)c3c2)(c2ccccn2)c2ccccc21. The number of hydrogen-bond donors (Lipinski definition) is 0. The van der Waals surface area contributed by atoms with E-state index in [1.54, 1.807) is 0 Å². The van der Waals surface area contributed by atoms with E-state index in [1.165, 1.54) is 44.1 Å². The molecule has 5 aromatic carbocycles. The Hall–Kier alpha value is -5.80. The van der Waals surface area contributed by atoms with E-state index in [4.69, 9.17) is 4.98 Å². The molecule has 0 spiro atoms. The summed E-state index contributed by atoms with van der Waals surface area (Å²) >= 11 is 0. The lowest BCUT2D eigenvalue weighted by Crippen LogP contribution is -2.42. The van der Waals surface area contributed by atoms with Crippen molar-refractivity contribution in [1.29, 1.82) is 0 Å². The molecule has 0 saturated heterocycles. The van der Waals surface area contributed by atoms with Gasteiger partial charge in [-0.1, -0.05) is 117 Å². The van der Waals surface area contributed by atoms with E-state index in [-0.39, 0.29) is 5.41 Å². The molecule has 1 aliphatic rings. The molecule has 0 unspecified atom stereocenters. The Kier molecular flexibility index (Phi) is 6.07. The average Bonchev–Trinajstić information content (AvgIpc) is 3.47. The first-order valence-electron chi connectivity index (χ1n) is 16.3. The number of hydrogen-bond acceptors (Lipinski definition) is 2. The van der Waals surface area contributed by atoms with Gasteiger partial charge in [0, 0.05) is 39.8 Å². The van der Waals surface area contributed by atoms with Crippen molar-refractivity contribution in [3.8, 4) is 16.9 Å². The summed E-state index contributed by atoms with van der Waals surface area (Å²) < 4.78 is 2.41. The quantitative estimate of drug-likeness (QED) is 0.200. The first kappa shape index (κ1) is 27.5. The van der Waals surface area contributed by atoms with Gasteiger partial charge in [0.25, 0.3) is 0 Å². The third kappa shape index (κ3) is 3.93. The molecule has 0 aliphatic heterocycles. The van der Waals surface area contributed by atoms with Gasteiger partial charge in [-0.25, -0.2) is 0 Å². The van der Waals surface area contributed by atoms with Gasteiger partial charge in [0.2, 0.25) is 0 Å². The average molecular weight is 604 g/mol. The minimum Gasteiger partial charge on any atom is -0.309 e. The largest absolute Gasteiger partial charge is 0.309 e. The van der Waals surface area contributed by atoms with Crippen molar-refractivity contribution in [3.63, 3.8) is 0 Å². The van der Waals surface area contributed by atoms with Gasteiger partial charge in [-0.15, -0.1) is 0 Å². The Bertz CT molecular complexity index is 2390. The molecule has 224 valence electrons. The fraction of sp³-hybridized carbons (Fsp3) is 0.0909. The summed E-state index contributed by atoms with van der Waals surface area (Å²) in [6.45, 7) is 4.70. The highest BCUT2D eigenvalue weighted by Crippen LogP contribution is 2.55. The molecule has 0 bridgehead atoms. The van der Waals surface area contributed by atoms with Crippen molar-refractivity contribution < 1.29 is 0 Å². The number of para-hydroxylation sites is 1. The van der Waals surface area contributed by atoms with Gasteiger partial charge in [0.05, 0.1) is 27.8 Å². The summed E-state index contributed by atoms with van der Waals surface area (Å²) in [5.74, 6) is 0. The topological polar surface area (TPSA) is 30.7 Å². The van der Waals surface area contributed by atoms with Gasteiger partial charge in [0.15, 0.2) is 0 Å². The van der Waals surface area contributed by atoms with Crippen molar-refractivity contribution in [2.75, 3.05) is 0 Å². The van der Waals surface area contributed by atoms with Crippen LogP contribution in [-0.2, 0) is 10.8 Å². The standard InChI is InChI=1S/C44H33N3/c1-43(2)35-17-4-6-19-37(35)44(42-23-10-12-27-46-42,38-20-7-5-18-36(38)43)31-24-25-34-33-16-3-8-22-40(33)47(41(34)29-31)32-15-13-14-30(28-32)39-21-9-11-26-45-39/h3-29H,1-2H3. The minimum absolute atomic E-state index is 0.170. The maximum atomic E-state index is 5.13.